The summed E-state index contributed by atoms with van der Waals surface area (Å²) in [6.07, 6.45) is 0.206. The largest absolute Gasteiger partial charge is 0.454 e. The van der Waals surface area contributed by atoms with Gasteiger partial charge in [-0.15, -0.1) is 0 Å². The molecule has 1 aromatic carbocycles. The van der Waals surface area contributed by atoms with Gasteiger partial charge in [0.05, 0.1) is 6.61 Å². The number of carbonyl (C=O) groups excluding carboxylic acids is 2. The molecule has 1 amide bonds. The van der Waals surface area contributed by atoms with Gasteiger partial charge in [-0.25, -0.2) is 4.79 Å². The SMILES string of the molecule is COCc1cccc(CNC(=O)COC(=O)C(C)OCCC(C)C)c1. The topological polar surface area (TPSA) is 73.9 Å². The van der Waals surface area contributed by atoms with E-state index in [1.54, 1.807) is 14.0 Å². The first kappa shape index (κ1) is 21.1. The summed E-state index contributed by atoms with van der Waals surface area (Å²) in [5.41, 5.74) is 1.99. The molecule has 0 aromatic heterocycles. The molecule has 1 N–H and O–H groups in total. The van der Waals surface area contributed by atoms with Crippen LogP contribution in [0.4, 0.5) is 0 Å². The maximum absolute atomic E-state index is 11.8. The Hall–Kier alpha value is -1.92. The summed E-state index contributed by atoms with van der Waals surface area (Å²) < 4.78 is 15.5. The minimum atomic E-state index is -0.669. The third kappa shape index (κ3) is 9.22. The predicted molar refractivity (Wildman–Crippen MR) is 94.8 cm³/mol. The standard InChI is InChI=1S/C19H29NO5/c1-14(2)8-9-24-15(3)19(22)25-13-18(21)20-11-16-6-5-7-17(10-16)12-23-4/h5-7,10,14-15H,8-9,11-13H2,1-4H3,(H,20,21). The Kier molecular flexibility index (Phi) is 9.80. The molecule has 1 rings (SSSR count). The lowest BCUT2D eigenvalue weighted by molar-refractivity contribution is -0.159. The second-order valence-corrected chi connectivity index (χ2v) is 6.33. The van der Waals surface area contributed by atoms with Crippen LogP contribution in [-0.2, 0) is 37.0 Å². The van der Waals surface area contributed by atoms with Gasteiger partial charge in [0.1, 0.15) is 0 Å². The van der Waals surface area contributed by atoms with Crippen LogP contribution < -0.4 is 5.32 Å². The van der Waals surface area contributed by atoms with E-state index in [2.05, 4.69) is 19.2 Å². The van der Waals surface area contributed by atoms with Gasteiger partial charge >= 0.3 is 5.97 Å². The number of rotatable bonds is 11. The first-order valence-electron chi connectivity index (χ1n) is 8.54. The molecule has 1 aromatic rings. The lowest BCUT2D eigenvalue weighted by atomic mass is 10.1. The van der Waals surface area contributed by atoms with Gasteiger partial charge < -0.3 is 19.5 Å². The van der Waals surface area contributed by atoms with Crippen molar-refractivity contribution in [3.8, 4) is 0 Å². The lowest BCUT2D eigenvalue weighted by Crippen LogP contribution is -2.31. The maximum Gasteiger partial charge on any atom is 0.335 e. The summed E-state index contributed by atoms with van der Waals surface area (Å²) in [7, 11) is 1.64. The van der Waals surface area contributed by atoms with Gasteiger partial charge in [-0.3, -0.25) is 4.79 Å². The van der Waals surface area contributed by atoms with Crippen LogP contribution in [0.25, 0.3) is 0 Å². The molecule has 1 atom stereocenters. The highest BCUT2D eigenvalue weighted by molar-refractivity contribution is 5.81. The average Bonchev–Trinajstić information content (AvgIpc) is 2.58. The molecule has 0 saturated heterocycles. The van der Waals surface area contributed by atoms with E-state index in [0.29, 0.717) is 25.7 Å². The van der Waals surface area contributed by atoms with Gasteiger partial charge in [0.25, 0.3) is 5.91 Å². The lowest BCUT2D eigenvalue weighted by Gasteiger charge is -2.13. The van der Waals surface area contributed by atoms with E-state index in [1.807, 2.05) is 24.3 Å². The fourth-order valence-corrected chi connectivity index (χ4v) is 2.05. The predicted octanol–water partition coefficient (Wildman–Crippen LogP) is 2.44. The van der Waals surface area contributed by atoms with E-state index in [0.717, 1.165) is 17.5 Å². The number of hydrogen-bond donors (Lipinski definition) is 1. The van der Waals surface area contributed by atoms with Crippen LogP contribution in [0.1, 0.15) is 38.3 Å². The third-order valence-corrected chi connectivity index (χ3v) is 3.53. The Bertz CT molecular complexity index is 544. The molecule has 140 valence electrons. The first-order chi connectivity index (χ1) is 11.9. The number of carbonyl (C=O) groups is 2. The number of nitrogens with one attached hydrogen (secondary N) is 1. The summed E-state index contributed by atoms with van der Waals surface area (Å²) >= 11 is 0. The van der Waals surface area contributed by atoms with Crippen LogP contribution in [0, 0.1) is 5.92 Å². The van der Waals surface area contributed by atoms with Crippen molar-refractivity contribution in [2.24, 2.45) is 5.92 Å². The molecule has 0 fully saturated rings. The fraction of sp³-hybridized carbons (Fsp3) is 0.579. The molecule has 0 spiro atoms. The summed E-state index contributed by atoms with van der Waals surface area (Å²) in [6, 6.07) is 7.74. The molecule has 0 heterocycles. The Labute approximate surface area is 149 Å². The van der Waals surface area contributed by atoms with Gasteiger partial charge in [-0.05, 0) is 30.4 Å². The van der Waals surface area contributed by atoms with Crippen molar-refractivity contribution in [2.45, 2.75) is 46.4 Å². The third-order valence-electron chi connectivity index (χ3n) is 3.53. The van der Waals surface area contributed by atoms with Crippen molar-refractivity contribution in [3.63, 3.8) is 0 Å². The van der Waals surface area contributed by atoms with Crippen molar-refractivity contribution >= 4 is 11.9 Å². The van der Waals surface area contributed by atoms with Crippen molar-refractivity contribution in [1.29, 1.82) is 0 Å². The molecule has 0 bridgehead atoms. The summed E-state index contributed by atoms with van der Waals surface area (Å²) in [4.78, 5) is 23.6. The number of methoxy groups -OCH3 is 1. The van der Waals surface area contributed by atoms with E-state index in [1.165, 1.54) is 0 Å². The fourth-order valence-electron chi connectivity index (χ4n) is 2.05. The van der Waals surface area contributed by atoms with Gasteiger partial charge in [-0.2, -0.15) is 0 Å². The van der Waals surface area contributed by atoms with Gasteiger partial charge in [-0.1, -0.05) is 38.1 Å². The quantitative estimate of drug-likeness (QED) is 0.620. The number of amides is 1. The Balaban J connectivity index is 2.27. The summed E-state index contributed by atoms with van der Waals surface area (Å²) in [6.45, 7) is 6.88. The van der Waals surface area contributed by atoms with Gasteiger partial charge in [0.2, 0.25) is 0 Å². The maximum atomic E-state index is 11.8. The summed E-state index contributed by atoms with van der Waals surface area (Å²) in [5.74, 6) is -0.364. The van der Waals surface area contributed by atoms with Crippen molar-refractivity contribution in [1.82, 2.24) is 5.32 Å². The number of hydrogen-bond acceptors (Lipinski definition) is 5. The second kappa shape index (κ2) is 11.6. The molecule has 0 saturated carbocycles. The van der Waals surface area contributed by atoms with Crippen LogP contribution in [0.15, 0.2) is 24.3 Å². The van der Waals surface area contributed by atoms with E-state index in [9.17, 15) is 9.59 Å². The molecule has 25 heavy (non-hydrogen) atoms. The Morgan fingerprint density at radius 3 is 2.56 bits per heavy atom. The smallest absolute Gasteiger partial charge is 0.335 e. The van der Waals surface area contributed by atoms with Crippen LogP contribution in [-0.4, -0.2) is 38.3 Å². The highest BCUT2D eigenvalue weighted by Gasteiger charge is 2.16. The second-order valence-electron chi connectivity index (χ2n) is 6.33. The molecule has 0 aliphatic rings. The van der Waals surface area contributed by atoms with Crippen molar-refractivity contribution in [3.05, 3.63) is 35.4 Å². The average molecular weight is 351 g/mol. The van der Waals surface area contributed by atoms with Gasteiger partial charge in [0.15, 0.2) is 12.7 Å². The molecular weight excluding hydrogens is 322 g/mol. The molecule has 6 nitrogen and oxygen atoms in total. The van der Waals surface area contributed by atoms with Crippen LogP contribution in [0.2, 0.25) is 0 Å². The normalized spacial score (nSPS) is 12.0. The number of ether oxygens (including phenoxy) is 3. The zero-order valence-corrected chi connectivity index (χ0v) is 15.5. The molecular formula is C19H29NO5. The van der Waals surface area contributed by atoms with Crippen LogP contribution >= 0.6 is 0 Å². The van der Waals surface area contributed by atoms with Crippen LogP contribution in [0.5, 0.6) is 0 Å². The van der Waals surface area contributed by atoms with Crippen LogP contribution in [0.3, 0.4) is 0 Å². The van der Waals surface area contributed by atoms with Crippen molar-refractivity contribution in [2.75, 3.05) is 20.3 Å². The minimum absolute atomic E-state index is 0.311. The van der Waals surface area contributed by atoms with E-state index in [4.69, 9.17) is 14.2 Å². The van der Waals surface area contributed by atoms with E-state index >= 15 is 0 Å². The molecule has 0 aliphatic heterocycles. The molecule has 0 aliphatic carbocycles. The molecule has 6 heteroatoms. The molecule has 1 unspecified atom stereocenters. The number of esters is 1. The van der Waals surface area contributed by atoms with E-state index in [-0.39, 0.29) is 12.5 Å². The summed E-state index contributed by atoms with van der Waals surface area (Å²) in [5, 5.41) is 2.72. The number of benzene rings is 1. The van der Waals surface area contributed by atoms with Gasteiger partial charge in [0, 0.05) is 20.3 Å². The highest BCUT2D eigenvalue weighted by Crippen LogP contribution is 2.06. The zero-order chi connectivity index (χ0) is 18.7. The monoisotopic (exact) mass is 351 g/mol. The van der Waals surface area contributed by atoms with Crippen molar-refractivity contribution < 1.29 is 23.8 Å². The first-order valence-corrected chi connectivity index (χ1v) is 8.54. The molecule has 0 radical (unpaired) electrons. The van der Waals surface area contributed by atoms with E-state index < -0.39 is 12.1 Å². The Morgan fingerprint density at radius 2 is 1.88 bits per heavy atom. The zero-order valence-electron chi connectivity index (χ0n) is 15.5. The minimum Gasteiger partial charge on any atom is -0.454 e. The highest BCUT2D eigenvalue weighted by atomic mass is 16.6. The Morgan fingerprint density at radius 1 is 1.16 bits per heavy atom.